The third-order valence-corrected chi connectivity index (χ3v) is 4.36. The molecule has 0 spiro atoms. The van der Waals surface area contributed by atoms with Gasteiger partial charge in [-0.2, -0.15) is 0 Å². The molecule has 1 heterocycles. The lowest BCUT2D eigenvalue weighted by atomic mass is 10.1. The molecule has 4 nitrogen and oxygen atoms in total. The Morgan fingerprint density at radius 3 is 2.64 bits per heavy atom. The summed E-state index contributed by atoms with van der Waals surface area (Å²) in [5.41, 5.74) is 1.51. The van der Waals surface area contributed by atoms with Crippen molar-refractivity contribution < 1.29 is 9.53 Å². The van der Waals surface area contributed by atoms with Crippen LogP contribution in [0.3, 0.4) is 0 Å². The Morgan fingerprint density at radius 2 is 1.71 bits per heavy atom. The van der Waals surface area contributed by atoms with E-state index < -0.39 is 0 Å². The minimum Gasteiger partial charge on any atom is -0.481 e. The summed E-state index contributed by atoms with van der Waals surface area (Å²) in [5.74, 6) is 6.40. The first-order chi connectivity index (χ1) is 13.8. The number of ether oxygens (including phenoxy) is 1. The lowest BCUT2D eigenvalue weighted by Gasteiger charge is -2.04. The number of hydrogen-bond acceptors (Lipinski definition) is 3. The molecule has 1 N–H and O–H groups in total. The maximum absolute atomic E-state index is 12.2. The zero-order valence-corrected chi connectivity index (χ0v) is 15.2. The molecule has 4 heteroatoms. The molecular formula is C24H18N2O2. The molecule has 0 saturated carbocycles. The van der Waals surface area contributed by atoms with Gasteiger partial charge in [0.2, 0.25) is 0 Å². The van der Waals surface area contributed by atoms with Crippen LogP contribution in [-0.4, -0.2) is 24.0 Å². The number of hydrogen-bond donors (Lipinski definition) is 1. The molecule has 0 atom stereocenters. The fourth-order valence-electron chi connectivity index (χ4n) is 2.93. The quantitative estimate of drug-likeness (QED) is 0.551. The lowest BCUT2D eigenvalue weighted by molar-refractivity contribution is 0.0959. The van der Waals surface area contributed by atoms with E-state index in [4.69, 9.17) is 4.74 Å². The van der Waals surface area contributed by atoms with Crippen LogP contribution in [0.1, 0.15) is 10.4 Å². The van der Waals surface area contributed by atoms with E-state index in [-0.39, 0.29) is 19.1 Å². The van der Waals surface area contributed by atoms with Crippen molar-refractivity contribution in [3.05, 3.63) is 84.6 Å². The van der Waals surface area contributed by atoms with Crippen molar-refractivity contribution >= 4 is 27.6 Å². The fraction of sp³-hybridized carbons (Fsp3) is 0.0833. The normalized spacial score (nSPS) is 10.3. The molecule has 136 valence electrons. The van der Waals surface area contributed by atoms with E-state index in [0.29, 0.717) is 5.56 Å². The first kappa shape index (κ1) is 17.6. The van der Waals surface area contributed by atoms with Crippen LogP contribution in [0.2, 0.25) is 0 Å². The molecule has 0 aliphatic rings. The van der Waals surface area contributed by atoms with Gasteiger partial charge < -0.3 is 10.1 Å². The fourth-order valence-corrected chi connectivity index (χ4v) is 2.93. The van der Waals surface area contributed by atoms with Crippen molar-refractivity contribution in [2.75, 3.05) is 13.2 Å². The molecule has 1 aromatic heterocycles. The predicted molar refractivity (Wildman–Crippen MR) is 111 cm³/mol. The molecule has 0 bridgehead atoms. The van der Waals surface area contributed by atoms with Gasteiger partial charge in [0.15, 0.2) is 0 Å². The maximum Gasteiger partial charge on any atom is 0.252 e. The minimum atomic E-state index is -0.137. The van der Waals surface area contributed by atoms with Crippen LogP contribution >= 0.6 is 0 Å². The number of benzene rings is 3. The summed E-state index contributed by atoms with van der Waals surface area (Å²) < 4.78 is 5.63. The third kappa shape index (κ3) is 4.11. The van der Waals surface area contributed by atoms with Crippen LogP contribution in [-0.2, 0) is 0 Å². The number of aromatic nitrogens is 1. The van der Waals surface area contributed by atoms with Crippen LogP contribution < -0.4 is 10.1 Å². The second-order valence-corrected chi connectivity index (χ2v) is 6.24. The second kappa shape index (κ2) is 8.24. The highest BCUT2D eigenvalue weighted by molar-refractivity contribution is 5.98. The Labute approximate surface area is 163 Å². The van der Waals surface area contributed by atoms with Gasteiger partial charge in [-0.3, -0.25) is 9.78 Å². The lowest BCUT2D eigenvalue weighted by Crippen LogP contribution is -2.23. The van der Waals surface area contributed by atoms with Gasteiger partial charge in [-0.25, -0.2) is 0 Å². The van der Waals surface area contributed by atoms with E-state index in [1.165, 1.54) is 0 Å². The summed E-state index contributed by atoms with van der Waals surface area (Å²) in [6.45, 7) is 0.526. The van der Waals surface area contributed by atoms with Gasteiger partial charge in [0.05, 0.1) is 12.1 Å². The Morgan fingerprint density at radius 1 is 0.893 bits per heavy atom. The van der Waals surface area contributed by atoms with E-state index in [1.54, 1.807) is 6.20 Å². The zero-order valence-electron chi connectivity index (χ0n) is 15.2. The van der Waals surface area contributed by atoms with E-state index in [1.807, 2.05) is 72.8 Å². The van der Waals surface area contributed by atoms with Gasteiger partial charge in [-0.15, -0.1) is 0 Å². The van der Waals surface area contributed by atoms with Crippen molar-refractivity contribution in [2.45, 2.75) is 0 Å². The Balaban J connectivity index is 1.28. The minimum absolute atomic E-state index is 0.137. The van der Waals surface area contributed by atoms with Crippen molar-refractivity contribution in [1.82, 2.24) is 10.3 Å². The van der Waals surface area contributed by atoms with Gasteiger partial charge in [0.25, 0.3) is 5.91 Å². The molecule has 0 fully saturated rings. The highest BCUT2D eigenvalue weighted by Crippen LogP contribution is 2.18. The summed E-state index contributed by atoms with van der Waals surface area (Å²) in [6, 6.07) is 23.3. The number of rotatable bonds is 4. The average Bonchev–Trinajstić information content (AvgIpc) is 2.75. The molecule has 1 amide bonds. The van der Waals surface area contributed by atoms with E-state index >= 15 is 0 Å². The number of nitrogens with one attached hydrogen (secondary N) is 1. The van der Waals surface area contributed by atoms with Crippen LogP contribution in [0, 0.1) is 11.8 Å². The molecule has 0 aliphatic heterocycles. The molecule has 0 unspecified atom stereocenters. The Hall–Kier alpha value is -3.84. The van der Waals surface area contributed by atoms with Crippen LogP contribution in [0.4, 0.5) is 0 Å². The molecule has 0 saturated heterocycles. The highest BCUT2D eigenvalue weighted by Gasteiger charge is 2.04. The average molecular weight is 366 g/mol. The van der Waals surface area contributed by atoms with Crippen LogP contribution in [0.5, 0.6) is 5.75 Å². The topological polar surface area (TPSA) is 51.2 Å². The standard InChI is InChI=1S/C24H18N2O2/c27-24(21-10-9-18-6-1-2-7-20(18)16-21)26-13-3-4-15-28-22-12-11-19-8-5-14-25-23(19)17-22/h1-2,5-12,14,16-17H,13,15H2,(H,26,27). The summed E-state index contributed by atoms with van der Waals surface area (Å²) >= 11 is 0. The molecular weight excluding hydrogens is 348 g/mol. The predicted octanol–water partition coefficient (Wildman–Crippen LogP) is 4.20. The molecule has 3 aromatic carbocycles. The largest absolute Gasteiger partial charge is 0.481 e. The number of carbonyl (C=O) groups excluding carboxylic acids is 1. The summed E-state index contributed by atoms with van der Waals surface area (Å²) in [6.07, 6.45) is 1.75. The first-order valence-electron chi connectivity index (χ1n) is 9.00. The molecule has 4 rings (SSSR count). The monoisotopic (exact) mass is 366 g/mol. The zero-order chi connectivity index (χ0) is 19.2. The molecule has 28 heavy (non-hydrogen) atoms. The number of nitrogens with zero attached hydrogens (tertiary/aromatic N) is 1. The second-order valence-electron chi connectivity index (χ2n) is 6.24. The van der Waals surface area contributed by atoms with Gasteiger partial charge in [0, 0.05) is 23.2 Å². The van der Waals surface area contributed by atoms with Crippen molar-refractivity contribution in [1.29, 1.82) is 0 Å². The number of fused-ring (bicyclic) bond motifs is 2. The van der Waals surface area contributed by atoms with E-state index in [9.17, 15) is 4.79 Å². The SMILES string of the molecule is O=C(NCC#CCOc1ccc2cccnc2c1)c1ccc2ccccc2c1. The molecule has 0 aliphatic carbocycles. The van der Waals surface area contributed by atoms with Gasteiger partial charge in [-0.05, 0) is 41.1 Å². The highest BCUT2D eigenvalue weighted by atomic mass is 16.5. The smallest absolute Gasteiger partial charge is 0.252 e. The summed E-state index contributed by atoms with van der Waals surface area (Å²) in [4.78, 5) is 16.6. The number of carbonyl (C=O) groups is 1. The third-order valence-electron chi connectivity index (χ3n) is 4.36. The molecule has 0 radical (unpaired) electrons. The summed E-state index contributed by atoms with van der Waals surface area (Å²) in [7, 11) is 0. The number of pyridine rings is 1. The molecule has 4 aromatic rings. The van der Waals surface area contributed by atoms with Gasteiger partial charge in [-0.1, -0.05) is 48.2 Å². The maximum atomic E-state index is 12.2. The Bertz CT molecular complexity index is 1210. The van der Waals surface area contributed by atoms with Crippen molar-refractivity contribution in [3.8, 4) is 17.6 Å². The van der Waals surface area contributed by atoms with E-state index in [2.05, 4.69) is 22.1 Å². The summed E-state index contributed by atoms with van der Waals surface area (Å²) in [5, 5.41) is 6.03. The Kier molecular flexibility index (Phi) is 5.17. The van der Waals surface area contributed by atoms with Crippen molar-refractivity contribution in [3.63, 3.8) is 0 Å². The van der Waals surface area contributed by atoms with Gasteiger partial charge in [0.1, 0.15) is 12.4 Å². The van der Waals surface area contributed by atoms with Crippen LogP contribution in [0.15, 0.2) is 79.0 Å². The van der Waals surface area contributed by atoms with Gasteiger partial charge >= 0.3 is 0 Å². The number of amides is 1. The van der Waals surface area contributed by atoms with E-state index in [0.717, 1.165) is 27.4 Å². The first-order valence-corrected chi connectivity index (χ1v) is 9.00. The van der Waals surface area contributed by atoms with Crippen LogP contribution in [0.25, 0.3) is 21.7 Å². The van der Waals surface area contributed by atoms with Crippen molar-refractivity contribution in [2.24, 2.45) is 0 Å².